The van der Waals surface area contributed by atoms with Gasteiger partial charge in [-0.05, 0) is 38.3 Å². The molecule has 0 heterocycles. The SMILES string of the molecule is CCC(C)(C)OC(CN)c1ccccc1C. The van der Waals surface area contributed by atoms with Crippen molar-refractivity contribution in [1.82, 2.24) is 0 Å². The number of ether oxygens (including phenoxy) is 1. The van der Waals surface area contributed by atoms with E-state index in [1.807, 2.05) is 12.1 Å². The molecule has 90 valence electrons. The highest BCUT2D eigenvalue weighted by molar-refractivity contribution is 5.28. The van der Waals surface area contributed by atoms with E-state index in [0.29, 0.717) is 6.54 Å². The molecule has 0 fully saturated rings. The summed E-state index contributed by atoms with van der Waals surface area (Å²) in [6, 6.07) is 8.27. The fraction of sp³-hybridized carbons (Fsp3) is 0.571. The predicted molar refractivity (Wildman–Crippen MR) is 68.4 cm³/mol. The van der Waals surface area contributed by atoms with Crippen LogP contribution in [0.3, 0.4) is 0 Å². The summed E-state index contributed by atoms with van der Waals surface area (Å²) in [5, 5.41) is 0. The minimum Gasteiger partial charge on any atom is -0.366 e. The Morgan fingerprint density at radius 3 is 2.44 bits per heavy atom. The molecule has 1 unspecified atom stereocenters. The van der Waals surface area contributed by atoms with Crippen LogP contribution in [0.25, 0.3) is 0 Å². The van der Waals surface area contributed by atoms with E-state index in [4.69, 9.17) is 10.5 Å². The maximum atomic E-state index is 6.08. The van der Waals surface area contributed by atoms with Crippen LogP contribution in [0, 0.1) is 6.92 Å². The van der Waals surface area contributed by atoms with Crippen LogP contribution in [0.1, 0.15) is 44.4 Å². The van der Waals surface area contributed by atoms with Crippen LogP contribution in [0.15, 0.2) is 24.3 Å². The van der Waals surface area contributed by atoms with E-state index in [9.17, 15) is 0 Å². The monoisotopic (exact) mass is 221 g/mol. The van der Waals surface area contributed by atoms with Crippen LogP contribution in [0.4, 0.5) is 0 Å². The number of rotatable bonds is 5. The third-order valence-electron chi connectivity index (χ3n) is 3.06. The summed E-state index contributed by atoms with van der Waals surface area (Å²) in [4.78, 5) is 0. The van der Waals surface area contributed by atoms with Gasteiger partial charge in [0.25, 0.3) is 0 Å². The lowest BCUT2D eigenvalue weighted by atomic mass is 10.0. The van der Waals surface area contributed by atoms with Crippen LogP contribution in [0.5, 0.6) is 0 Å². The lowest BCUT2D eigenvalue weighted by Crippen LogP contribution is -2.29. The van der Waals surface area contributed by atoms with Gasteiger partial charge in [0.1, 0.15) is 0 Å². The molecule has 0 aliphatic heterocycles. The second-order valence-electron chi connectivity index (χ2n) is 4.81. The van der Waals surface area contributed by atoms with Crippen molar-refractivity contribution in [1.29, 1.82) is 0 Å². The predicted octanol–water partition coefficient (Wildman–Crippen LogP) is 3.20. The van der Waals surface area contributed by atoms with Crippen molar-refractivity contribution in [3.63, 3.8) is 0 Å². The second kappa shape index (κ2) is 5.46. The van der Waals surface area contributed by atoms with Crippen LogP contribution in [-0.2, 0) is 4.74 Å². The summed E-state index contributed by atoms with van der Waals surface area (Å²) < 4.78 is 6.08. The standard InChI is InChI=1S/C14H23NO/c1-5-14(3,4)16-13(10-15)12-9-7-6-8-11(12)2/h6-9,13H,5,10,15H2,1-4H3. The topological polar surface area (TPSA) is 35.2 Å². The Morgan fingerprint density at radius 1 is 1.31 bits per heavy atom. The molecule has 0 saturated heterocycles. The molecule has 1 atom stereocenters. The quantitative estimate of drug-likeness (QED) is 0.828. The lowest BCUT2D eigenvalue weighted by Gasteiger charge is -2.30. The van der Waals surface area contributed by atoms with Gasteiger partial charge in [0.2, 0.25) is 0 Å². The van der Waals surface area contributed by atoms with Crippen molar-refractivity contribution in [3.8, 4) is 0 Å². The molecule has 0 saturated carbocycles. The fourth-order valence-corrected chi connectivity index (χ4v) is 1.66. The molecule has 2 N–H and O–H groups in total. The number of benzene rings is 1. The molecule has 0 radical (unpaired) electrons. The molecule has 0 spiro atoms. The first-order chi connectivity index (χ1) is 7.50. The van der Waals surface area contributed by atoms with Crippen molar-refractivity contribution in [2.75, 3.05) is 6.54 Å². The largest absolute Gasteiger partial charge is 0.366 e. The maximum Gasteiger partial charge on any atom is 0.0956 e. The third-order valence-corrected chi connectivity index (χ3v) is 3.06. The van der Waals surface area contributed by atoms with Crippen molar-refractivity contribution in [2.45, 2.75) is 45.8 Å². The first kappa shape index (κ1) is 13.2. The molecule has 0 aliphatic rings. The summed E-state index contributed by atoms with van der Waals surface area (Å²) in [7, 11) is 0. The molecule has 0 aromatic heterocycles. The fourth-order valence-electron chi connectivity index (χ4n) is 1.66. The van der Waals surface area contributed by atoms with Crippen LogP contribution < -0.4 is 5.73 Å². The molecular formula is C14H23NO. The van der Waals surface area contributed by atoms with Gasteiger partial charge < -0.3 is 10.5 Å². The summed E-state index contributed by atoms with van der Waals surface area (Å²) >= 11 is 0. The van der Waals surface area contributed by atoms with Gasteiger partial charge in [0.05, 0.1) is 11.7 Å². The summed E-state index contributed by atoms with van der Waals surface area (Å²) in [5.74, 6) is 0. The van der Waals surface area contributed by atoms with Crippen LogP contribution >= 0.6 is 0 Å². The number of nitrogens with two attached hydrogens (primary N) is 1. The van der Waals surface area contributed by atoms with Gasteiger partial charge in [-0.2, -0.15) is 0 Å². The van der Waals surface area contributed by atoms with E-state index in [-0.39, 0.29) is 11.7 Å². The average Bonchev–Trinajstić information content (AvgIpc) is 2.27. The Balaban J connectivity index is 2.87. The van der Waals surface area contributed by atoms with E-state index in [1.54, 1.807) is 0 Å². The van der Waals surface area contributed by atoms with Crippen LogP contribution in [0.2, 0.25) is 0 Å². The first-order valence-electron chi connectivity index (χ1n) is 5.93. The summed E-state index contributed by atoms with van der Waals surface area (Å²) in [6.07, 6.45) is 0.978. The molecule has 16 heavy (non-hydrogen) atoms. The molecule has 0 aliphatic carbocycles. The van der Waals surface area contributed by atoms with Gasteiger partial charge in [0.15, 0.2) is 0 Å². The minimum atomic E-state index is -0.119. The normalized spacial score (nSPS) is 13.8. The highest BCUT2D eigenvalue weighted by Crippen LogP contribution is 2.27. The van der Waals surface area contributed by atoms with Gasteiger partial charge >= 0.3 is 0 Å². The van der Waals surface area contributed by atoms with E-state index in [2.05, 4.69) is 39.8 Å². The highest BCUT2D eigenvalue weighted by Gasteiger charge is 2.22. The number of aryl methyl sites for hydroxylation is 1. The molecule has 1 aromatic carbocycles. The molecule has 1 rings (SSSR count). The van der Waals surface area contributed by atoms with Gasteiger partial charge in [0, 0.05) is 6.54 Å². The zero-order valence-electron chi connectivity index (χ0n) is 10.8. The molecule has 1 aromatic rings. The first-order valence-corrected chi connectivity index (χ1v) is 5.93. The molecular weight excluding hydrogens is 198 g/mol. The third kappa shape index (κ3) is 3.32. The van der Waals surface area contributed by atoms with Crippen molar-refractivity contribution < 1.29 is 4.74 Å². The zero-order valence-corrected chi connectivity index (χ0v) is 10.8. The number of hydrogen-bond donors (Lipinski definition) is 1. The molecule has 0 bridgehead atoms. The molecule has 2 nitrogen and oxygen atoms in total. The average molecular weight is 221 g/mol. The van der Waals surface area contributed by atoms with Crippen molar-refractivity contribution in [3.05, 3.63) is 35.4 Å². The summed E-state index contributed by atoms with van der Waals surface area (Å²) in [6.45, 7) is 8.96. The van der Waals surface area contributed by atoms with E-state index in [1.165, 1.54) is 11.1 Å². The zero-order chi connectivity index (χ0) is 12.2. The Morgan fingerprint density at radius 2 is 1.94 bits per heavy atom. The molecule has 0 amide bonds. The van der Waals surface area contributed by atoms with Crippen molar-refractivity contribution >= 4 is 0 Å². The lowest BCUT2D eigenvalue weighted by molar-refractivity contribution is -0.0715. The Bertz CT molecular complexity index is 333. The molecule has 2 heteroatoms. The number of hydrogen-bond acceptors (Lipinski definition) is 2. The maximum absolute atomic E-state index is 6.08. The Labute approximate surface area is 98.8 Å². The Hall–Kier alpha value is -0.860. The minimum absolute atomic E-state index is 0.00356. The second-order valence-corrected chi connectivity index (χ2v) is 4.81. The summed E-state index contributed by atoms with van der Waals surface area (Å²) in [5.41, 5.74) is 8.13. The highest BCUT2D eigenvalue weighted by atomic mass is 16.5. The van der Waals surface area contributed by atoms with E-state index >= 15 is 0 Å². The van der Waals surface area contributed by atoms with E-state index < -0.39 is 0 Å². The van der Waals surface area contributed by atoms with Gasteiger partial charge in [-0.15, -0.1) is 0 Å². The van der Waals surface area contributed by atoms with E-state index in [0.717, 1.165) is 6.42 Å². The van der Waals surface area contributed by atoms with Gasteiger partial charge in [-0.25, -0.2) is 0 Å². The van der Waals surface area contributed by atoms with Gasteiger partial charge in [-0.1, -0.05) is 31.2 Å². The Kier molecular flexibility index (Phi) is 4.51. The van der Waals surface area contributed by atoms with Gasteiger partial charge in [-0.3, -0.25) is 0 Å². The van der Waals surface area contributed by atoms with Crippen molar-refractivity contribution in [2.24, 2.45) is 5.73 Å². The van der Waals surface area contributed by atoms with Crippen LogP contribution in [-0.4, -0.2) is 12.1 Å². The smallest absolute Gasteiger partial charge is 0.0956 e.